The molecule has 0 spiro atoms. The first kappa shape index (κ1) is 17.3. The third-order valence-electron chi connectivity index (χ3n) is 3.90. The number of hydrogen-bond donors (Lipinski definition) is 2. The normalized spacial score (nSPS) is 15.1. The molecule has 126 valence electrons. The van der Waals surface area contributed by atoms with Gasteiger partial charge in [-0.2, -0.15) is 0 Å². The van der Waals surface area contributed by atoms with E-state index in [1.54, 1.807) is 32.3 Å². The Labute approximate surface area is 137 Å². The van der Waals surface area contributed by atoms with Crippen LogP contribution in [0.15, 0.2) is 18.2 Å². The van der Waals surface area contributed by atoms with Crippen molar-refractivity contribution in [1.29, 1.82) is 0 Å². The number of anilines is 1. The highest BCUT2D eigenvalue weighted by atomic mass is 16.5. The summed E-state index contributed by atoms with van der Waals surface area (Å²) in [5, 5.41) is 6.18. The quantitative estimate of drug-likeness (QED) is 0.867. The van der Waals surface area contributed by atoms with Gasteiger partial charge in [-0.3, -0.25) is 9.59 Å². The van der Waals surface area contributed by atoms with Gasteiger partial charge in [0.15, 0.2) is 0 Å². The van der Waals surface area contributed by atoms with Gasteiger partial charge in [-0.15, -0.1) is 0 Å². The molecule has 0 unspecified atom stereocenters. The van der Waals surface area contributed by atoms with E-state index in [2.05, 4.69) is 10.6 Å². The van der Waals surface area contributed by atoms with E-state index in [-0.39, 0.29) is 17.7 Å². The van der Waals surface area contributed by atoms with Crippen LogP contribution in [-0.2, 0) is 4.79 Å². The molecule has 1 aromatic carbocycles. The van der Waals surface area contributed by atoms with Gasteiger partial charge in [0, 0.05) is 25.6 Å². The number of nitrogens with one attached hydrogen (secondary N) is 2. The highest BCUT2D eigenvalue weighted by Crippen LogP contribution is 2.27. The van der Waals surface area contributed by atoms with Crippen molar-refractivity contribution in [2.45, 2.75) is 19.8 Å². The summed E-state index contributed by atoms with van der Waals surface area (Å²) in [7, 11) is 3.40. The number of rotatable bonds is 5. The van der Waals surface area contributed by atoms with E-state index in [1.165, 1.54) is 4.90 Å². The number of carbonyl (C=O) groups is 2. The second kappa shape index (κ2) is 7.97. The Kier molecular flexibility index (Phi) is 5.98. The summed E-state index contributed by atoms with van der Waals surface area (Å²) in [5.74, 6) is 0.469. The number of benzene rings is 1. The predicted octanol–water partition coefficient (Wildman–Crippen LogP) is 1.73. The molecular weight excluding hydrogens is 294 g/mol. The fraction of sp³-hybridized carbons (Fsp3) is 0.529. The van der Waals surface area contributed by atoms with E-state index in [0.29, 0.717) is 23.6 Å². The van der Waals surface area contributed by atoms with Crippen LogP contribution in [0, 0.1) is 5.92 Å². The lowest BCUT2D eigenvalue weighted by Crippen LogP contribution is -2.34. The van der Waals surface area contributed by atoms with E-state index in [4.69, 9.17) is 4.74 Å². The summed E-state index contributed by atoms with van der Waals surface area (Å²) >= 11 is 0. The molecule has 0 atom stereocenters. The van der Waals surface area contributed by atoms with E-state index in [9.17, 15) is 9.59 Å². The van der Waals surface area contributed by atoms with Crippen molar-refractivity contribution >= 4 is 17.5 Å². The van der Waals surface area contributed by atoms with Crippen LogP contribution in [0.3, 0.4) is 0 Å². The second-order valence-corrected chi connectivity index (χ2v) is 5.86. The molecule has 6 nitrogen and oxygen atoms in total. The lowest BCUT2D eigenvalue weighted by Gasteiger charge is -2.22. The molecule has 2 amide bonds. The number of ether oxygens (including phenoxy) is 1. The van der Waals surface area contributed by atoms with E-state index in [1.807, 2.05) is 6.92 Å². The van der Waals surface area contributed by atoms with Crippen molar-refractivity contribution in [2.24, 2.45) is 5.92 Å². The van der Waals surface area contributed by atoms with Gasteiger partial charge in [0.2, 0.25) is 5.91 Å². The van der Waals surface area contributed by atoms with E-state index < -0.39 is 0 Å². The maximum atomic E-state index is 12.4. The number of nitrogens with zero attached hydrogens (tertiary/aromatic N) is 1. The Bertz CT molecular complexity index is 566. The molecule has 0 radical (unpaired) electrons. The van der Waals surface area contributed by atoms with Crippen molar-refractivity contribution in [3.05, 3.63) is 23.8 Å². The average Bonchev–Trinajstić information content (AvgIpc) is 2.56. The molecule has 1 fully saturated rings. The zero-order chi connectivity index (χ0) is 16.8. The molecule has 1 saturated heterocycles. The third-order valence-corrected chi connectivity index (χ3v) is 3.90. The molecule has 1 aromatic rings. The largest absolute Gasteiger partial charge is 0.492 e. The number of piperidine rings is 1. The van der Waals surface area contributed by atoms with Crippen molar-refractivity contribution < 1.29 is 14.3 Å². The Hall–Kier alpha value is -2.08. The van der Waals surface area contributed by atoms with Gasteiger partial charge in [0.1, 0.15) is 5.75 Å². The minimum absolute atomic E-state index is 0.000988. The third kappa shape index (κ3) is 4.45. The van der Waals surface area contributed by atoms with Gasteiger partial charge in [-0.1, -0.05) is 0 Å². The van der Waals surface area contributed by atoms with Crippen LogP contribution < -0.4 is 15.4 Å². The molecule has 0 bridgehead atoms. The molecule has 1 heterocycles. The summed E-state index contributed by atoms with van der Waals surface area (Å²) in [5.41, 5.74) is 1.09. The number of carbonyl (C=O) groups excluding carboxylic acids is 2. The van der Waals surface area contributed by atoms with Crippen LogP contribution in [0.5, 0.6) is 5.75 Å². The number of amides is 2. The predicted molar refractivity (Wildman–Crippen MR) is 89.9 cm³/mol. The number of hydrogen-bond acceptors (Lipinski definition) is 4. The Morgan fingerprint density at radius 3 is 2.61 bits per heavy atom. The van der Waals surface area contributed by atoms with E-state index in [0.717, 1.165) is 25.9 Å². The summed E-state index contributed by atoms with van der Waals surface area (Å²) in [4.78, 5) is 26.1. The summed E-state index contributed by atoms with van der Waals surface area (Å²) in [6.07, 6.45) is 1.65. The van der Waals surface area contributed by atoms with Crippen LogP contribution in [0.4, 0.5) is 5.69 Å². The minimum atomic E-state index is -0.106. The zero-order valence-corrected chi connectivity index (χ0v) is 14.0. The first-order valence-electron chi connectivity index (χ1n) is 8.03. The van der Waals surface area contributed by atoms with Crippen LogP contribution in [0.2, 0.25) is 0 Å². The Balaban J connectivity index is 2.20. The maximum Gasteiger partial charge on any atom is 0.253 e. The lowest BCUT2D eigenvalue weighted by atomic mass is 9.97. The van der Waals surface area contributed by atoms with Gasteiger partial charge >= 0.3 is 0 Å². The molecule has 1 aliphatic heterocycles. The van der Waals surface area contributed by atoms with Crippen molar-refractivity contribution in [3.8, 4) is 5.75 Å². The summed E-state index contributed by atoms with van der Waals surface area (Å²) in [6.45, 7) is 4.10. The lowest BCUT2D eigenvalue weighted by molar-refractivity contribution is -0.120. The molecule has 0 aliphatic carbocycles. The monoisotopic (exact) mass is 319 g/mol. The summed E-state index contributed by atoms with van der Waals surface area (Å²) in [6, 6.07) is 5.14. The maximum absolute atomic E-state index is 12.4. The molecule has 2 N–H and O–H groups in total. The first-order chi connectivity index (χ1) is 11.0. The molecular formula is C17H25N3O3. The minimum Gasteiger partial charge on any atom is -0.492 e. The van der Waals surface area contributed by atoms with Crippen LogP contribution in [0.25, 0.3) is 0 Å². The second-order valence-electron chi connectivity index (χ2n) is 5.86. The zero-order valence-electron chi connectivity index (χ0n) is 14.0. The average molecular weight is 319 g/mol. The Morgan fingerprint density at radius 1 is 1.30 bits per heavy atom. The van der Waals surface area contributed by atoms with Crippen LogP contribution >= 0.6 is 0 Å². The van der Waals surface area contributed by atoms with E-state index >= 15 is 0 Å². The smallest absolute Gasteiger partial charge is 0.253 e. The highest BCUT2D eigenvalue weighted by Gasteiger charge is 2.22. The summed E-state index contributed by atoms with van der Waals surface area (Å²) < 4.78 is 5.57. The van der Waals surface area contributed by atoms with Gasteiger partial charge in [-0.25, -0.2) is 0 Å². The van der Waals surface area contributed by atoms with Crippen LogP contribution in [0.1, 0.15) is 30.1 Å². The van der Waals surface area contributed by atoms with Crippen molar-refractivity contribution in [3.63, 3.8) is 0 Å². The van der Waals surface area contributed by atoms with Crippen molar-refractivity contribution in [1.82, 2.24) is 10.2 Å². The molecule has 0 aromatic heterocycles. The first-order valence-corrected chi connectivity index (χ1v) is 8.03. The van der Waals surface area contributed by atoms with Crippen LogP contribution in [-0.4, -0.2) is 50.5 Å². The van der Waals surface area contributed by atoms with Gasteiger partial charge in [0.05, 0.1) is 12.3 Å². The molecule has 0 saturated carbocycles. The molecule has 2 rings (SSSR count). The van der Waals surface area contributed by atoms with Gasteiger partial charge < -0.3 is 20.3 Å². The van der Waals surface area contributed by atoms with Gasteiger partial charge in [-0.05, 0) is 51.1 Å². The molecule has 1 aliphatic rings. The topological polar surface area (TPSA) is 70.7 Å². The molecule has 6 heteroatoms. The van der Waals surface area contributed by atoms with Crippen molar-refractivity contribution in [2.75, 3.05) is 39.1 Å². The Morgan fingerprint density at radius 2 is 2.00 bits per heavy atom. The molecule has 23 heavy (non-hydrogen) atoms. The fourth-order valence-corrected chi connectivity index (χ4v) is 2.62. The highest BCUT2D eigenvalue weighted by molar-refractivity contribution is 5.98. The fourth-order valence-electron chi connectivity index (χ4n) is 2.62. The van der Waals surface area contributed by atoms with Gasteiger partial charge in [0.25, 0.3) is 5.91 Å². The SMILES string of the molecule is CCOc1ccc(C(=O)N(C)C)cc1NC(=O)C1CCNCC1. The standard InChI is InChI=1S/C17H25N3O3/c1-4-23-15-6-5-13(17(22)20(2)3)11-14(15)19-16(21)12-7-9-18-10-8-12/h5-6,11-12,18H,4,7-10H2,1-3H3,(H,19,21).